The van der Waals surface area contributed by atoms with Crippen LogP contribution < -0.4 is 5.73 Å². The van der Waals surface area contributed by atoms with Gasteiger partial charge in [0, 0.05) is 11.0 Å². The Labute approximate surface area is 125 Å². The number of nitrogens with two attached hydrogens (primary N) is 1. The number of nitrogens with zero attached hydrogens (tertiary/aromatic N) is 3. The summed E-state index contributed by atoms with van der Waals surface area (Å²) >= 11 is 0. The lowest BCUT2D eigenvalue weighted by molar-refractivity contribution is 0.517. The maximum atomic E-state index is 9.25. The number of hydrogen-bond acceptors (Lipinski definition) is 3. The molecule has 1 heterocycles. The third-order valence-electron chi connectivity index (χ3n) is 3.23. The van der Waals surface area contributed by atoms with Crippen LogP contribution in [0.4, 0.5) is 5.82 Å². The van der Waals surface area contributed by atoms with Crippen molar-refractivity contribution in [1.29, 1.82) is 5.26 Å². The van der Waals surface area contributed by atoms with Gasteiger partial charge < -0.3 is 10.3 Å². The Morgan fingerprint density at radius 1 is 1.33 bits per heavy atom. The molecule has 0 spiro atoms. The zero-order valence-electron chi connectivity index (χ0n) is 12.5. The van der Waals surface area contributed by atoms with Crippen LogP contribution in [0.3, 0.4) is 0 Å². The van der Waals surface area contributed by atoms with Crippen LogP contribution in [0.25, 0.3) is 11.3 Å². The lowest BCUT2D eigenvalue weighted by Gasteiger charge is -2.18. The maximum absolute atomic E-state index is 9.25. The highest BCUT2D eigenvalue weighted by atomic mass is 15.1. The second kappa shape index (κ2) is 5.34. The van der Waals surface area contributed by atoms with Gasteiger partial charge in [-0.25, -0.2) is 4.98 Å². The van der Waals surface area contributed by atoms with Crippen molar-refractivity contribution in [2.45, 2.75) is 32.7 Å². The summed E-state index contributed by atoms with van der Waals surface area (Å²) in [6.07, 6.45) is 5.44. The van der Waals surface area contributed by atoms with Crippen molar-refractivity contribution < 1.29 is 0 Å². The summed E-state index contributed by atoms with van der Waals surface area (Å²) in [5, 5.41) is 9.25. The minimum Gasteiger partial charge on any atom is -0.383 e. The van der Waals surface area contributed by atoms with Crippen molar-refractivity contribution in [1.82, 2.24) is 9.55 Å². The van der Waals surface area contributed by atoms with Gasteiger partial charge in [0.2, 0.25) is 0 Å². The summed E-state index contributed by atoms with van der Waals surface area (Å²) < 4.78 is 1.84. The lowest BCUT2D eigenvalue weighted by Crippen LogP contribution is -2.19. The molecule has 106 valence electrons. The summed E-state index contributed by atoms with van der Waals surface area (Å²) in [4.78, 5) is 4.67. The molecule has 21 heavy (non-hydrogen) atoms. The molecular formula is C17H18N4. The molecule has 4 heteroatoms. The van der Waals surface area contributed by atoms with Gasteiger partial charge in [0.25, 0.3) is 0 Å². The van der Waals surface area contributed by atoms with E-state index in [9.17, 15) is 5.26 Å². The first-order chi connectivity index (χ1) is 9.90. The molecule has 1 aromatic carbocycles. The Kier molecular flexibility index (Phi) is 3.74. The minimum atomic E-state index is -0.190. The van der Waals surface area contributed by atoms with Gasteiger partial charge in [0.1, 0.15) is 17.3 Å². The van der Waals surface area contributed by atoms with E-state index in [2.05, 4.69) is 37.7 Å². The van der Waals surface area contributed by atoms with Gasteiger partial charge in [-0.2, -0.15) is 5.26 Å². The zero-order chi connectivity index (χ0) is 15.6. The van der Waals surface area contributed by atoms with Crippen molar-refractivity contribution in [3.63, 3.8) is 0 Å². The van der Waals surface area contributed by atoms with E-state index in [0.29, 0.717) is 23.6 Å². The Morgan fingerprint density at radius 2 is 2.00 bits per heavy atom. The minimum absolute atomic E-state index is 0.190. The Bertz CT molecular complexity index is 749. The normalized spacial score (nSPS) is 10.9. The number of nitriles is 1. The van der Waals surface area contributed by atoms with Crippen LogP contribution in [-0.2, 0) is 12.0 Å². The highest BCUT2D eigenvalue weighted by Gasteiger charge is 2.25. The zero-order valence-corrected chi connectivity index (χ0v) is 12.5. The summed E-state index contributed by atoms with van der Waals surface area (Å²) in [5.41, 5.74) is 7.95. The lowest BCUT2D eigenvalue weighted by atomic mass is 9.95. The molecule has 0 bridgehead atoms. The molecule has 2 rings (SSSR count). The van der Waals surface area contributed by atoms with E-state index in [-0.39, 0.29) is 5.41 Å². The number of anilines is 1. The molecule has 1 aromatic heterocycles. The van der Waals surface area contributed by atoms with E-state index < -0.39 is 0 Å². The van der Waals surface area contributed by atoms with E-state index in [0.717, 1.165) is 11.4 Å². The average Bonchev–Trinajstić information content (AvgIpc) is 2.77. The number of imidazole rings is 1. The molecule has 0 saturated carbocycles. The van der Waals surface area contributed by atoms with E-state index in [4.69, 9.17) is 12.2 Å². The largest absolute Gasteiger partial charge is 0.383 e. The molecule has 0 fully saturated rings. The van der Waals surface area contributed by atoms with Gasteiger partial charge in [-0.15, -0.1) is 6.42 Å². The molecule has 0 saturated heterocycles. The van der Waals surface area contributed by atoms with Crippen LogP contribution in [0.2, 0.25) is 0 Å². The Balaban J connectivity index is 2.73. The molecule has 0 aliphatic rings. The van der Waals surface area contributed by atoms with Crippen molar-refractivity contribution in [2.75, 3.05) is 5.73 Å². The molecule has 0 atom stereocenters. The number of aromatic nitrogens is 2. The number of rotatable bonds is 2. The number of benzene rings is 1. The fourth-order valence-electron chi connectivity index (χ4n) is 2.27. The van der Waals surface area contributed by atoms with Crippen molar-refractivity contribution >= 4 is 5.82 Å². The van der Waals surface area contributed by atoms with E-state index in [1.165, 1.54) is 0 Å². The van der Waals surface area contributed by atoms with Gasteiger partial charge in [0.05, 0.1) is 18.2 Å². The molecule has 4 nitrogen and oxygen atoms in total. The molecule has 2 aromatic rings. The topological polar surface area (TPSA) is 67.6 Å². The number of terminal acetylenes is 1. The number of hydrogen-bond donors (Lipinski definition) is 1. The first kappa shape index (κ1) is 14.7. The fraction of sp³-hybridized carbons (Fsp3) is 0.294. The highest BCUT2D eigenvalue weighted by Crippen LogP contribution is 2.33. The first-order valence-electron chi connectivity index (χ1n) is 6.69. The monoisotopic (exact) mass is 278 g/mol. The van der Waals surface area contributed by atoms with Crippen LogP contribution in [0.15, 0.2) is 24.3 Å². The molecule has 0 amide bonds. The molecule has 0 radical (unpaired) electrons. The van der Waals surface area contributed by atoms with E-state index in [1.807, 2.05) is 22.8 Å². The molecule has 0 aliphatic heterocycles. The van der Waals surface area contributed by atoms with Gasteiger partial charge in [0.15, 0.2) is 0 Å². The van der Waals surface area contributed by atoms with Crippen molar-refractivity contribution in [3.05, 3.63) is 35.7 Å². The third kappa shape index (κ3) is 2.61. The summed E-state index contributed by atoms with van der Waals surface area (Å²) in [7, 11) is 0. The van der Waals surface area contributed by atoms with Crippen molar-refractivity contribution in [3.8, 4) is 29.7 Å². The Morgan fingerprint density at radius 3 is 2.57 bits per heavy atom. The van der Waals surface area contributed by atoms with Crippen LogP contribution in [0, 0.1) is 23.7 Å². The predicted molar refractivity (Wildman–Crippen MR) is 84.3 cm³/mol. The average molecular weight is 278 g/mol. The van der Waals surface area contributed by atoms with Crippen LogP contribution in [-0.4, -0.2) is 9.55 Å². The third-order valence-corrected chi connectivity index (χ3v) is 3.23. The molecule has 0 unspecified atom stereocenters. The van der Waals surface area contributed by atoms with Gasteiger partial charge in [-0.3, -0.25) is 0 Å². The fourth-order valence-corrected chi connectivity index (χ4v) is 2.27. The molecule has 2 N–H and O–H groups in total. The second-order valence-electron chi connectivity index (χ2n) is 5.87. The smallest absolute Gasteiger partial charge is 0.132 e. The van der Waals surface area contributed by atoms with Crippen LogP contribution >= 0.6 is 0 Å². The SMILES string of the molecule is C#CCn1c(C(C)(C)C)nc(-c2ccccc2C#N)c1N. The molecule has 0 aliphatic carbocycles. The Hall–Kier alpha value is -2.72. The van der Waals surface area contributed by atoms with Crippen molar-refractivity contribution in [2.24, 2.45) is 0 Å². The standard InChI is InChI=1S/C17H18N4/c1-5-10-21-15(19)14(20-16(21)17(2,3)4)13-9-7-6-8-12(13)11-18/h1,6-9H,10,19H2,2-4H3. The van der Waals surface area contributed by atoms with Crippen LogP contribution in [0.5, 0.6) is 0 Å². The van der Waals surface area contributed by atoms with Gasteiger partial charge in [-0.05, 0) is 6.07 Å². The second-order valence-corrected chi connectivity index (χ2v) is 5.87. The van der Waals surface area contributed by atoms with E-state index in [1.54, 1.807) is 6.07 Å². The van der Waals surface area contributed by atoms with E-state index >= 15 is 0 Å². The summed E-state index contributed by atoms with van der Waals surface area (Å²) in [5.74, 6) is 3.93. The highest BCUT2D eigenvalue weighted by molar-refractivity contribution is 5.76. The summed E-state index contributed by atoms with van der Waals surface area (Å²) in [6.45, 7) is 6.53. The van der Waals surface area contributed by atoms with Gasteiger partial charge in [-0.1, -0.05) is 44.9 Å². The summed E-state index contributed by atoms with van der Waals surface area (Å²) in [6, 6.07) is 9.47. The maximum Gasteiger partial charge on any atom is 0.132 e. The number of nitrogen functional groups attached to an aromatic ring is 1. The van der Waals surface area contributed by atoms with Crippen LogP contribution in [0.1, 0.15) is 32.2 Å². The van der Waals surface area contributed by atoms with Gasteiger partial charge >= 0.3 is 0 Å². The molecular weight excluding hydrogens is 260 g/mol. The quantitative estimate of drug-likeness (QED) is 0.859. The first-order valence-corrected chi connectivity index (χ1v) is 6.69. The predicted octanol–water partition coefficient (Wildman–Crippen LogP) is 2.93.